The molecule has 0 radical (unpaired) electrons. The van der Waals surface area contributed by atoms with Gasteiger partial charge in [0.15, 0.2) is 6.10 Å². The van der Waals surface area contributed by atoms with E-state index >= 15 is 0 Å². The molecule has 4 aromatic rings. The zero-order valence-electron chi connectivity index (χ0n) is 19.3. The third kappa shape index (κ3) is 5.95. The molecule has 0 heterocycles. The van der Waals surface area contributed by atoms with Gasteiger partial charge in [-0.05, 0) is 81.2 Å². The summed E-state index contributed by atoms with van der Waals surface area (Å²) in [5.41, 5.74) is 3.01. The average Bonchev–Trinajstić information content (AvgIpc) is 2.89. The van der Waals surface area contributed by atoms with Crippen molar-refractivity contribution in [3.63, 3.8) is 0 Å². The normalized spacial score (nSPS) is 11.9. The van der Waals surface area contributed by atoms with Gasteiger partial charge in [-0.25, -0.2) is 14.6 Å². The number of amides is 1. The lowest BCUT2D eigenvalue weighted by molar-refractivity contribution is -0.128. The summed E-state index contributed by atoms with van der Waals surface area (Å²) in [5, 5.41) is 6.05. The molecule has 0 fully saturated rings. The highest BCUT2D eigenvalue weighted by molar-refractivity contribution is 9.10. The van der Waals surface area contributed by atoms with Gasteiger partial charge in [0, 0.05) is 0 Å². The van der Waals surface area contributed by atoms with E-state index in [1.165, 1.54) is 24.4 Å². The van der Waals surface area contributed by atoms with E-state index in [0.717, 1.165) is 15.2 Å². The van der Waals surface area contributed by atoms with Crippen molar-refractivity contribution in [2.75, 3.05) is 0 Å². The standard InChI is InChI=1S/C28H22BrFN2O4/c1-2-24(36-25-16-13-19-7-3-4-8-21(19)26(25)29)27(33)32-31-17-18-11-14-20(15-12-18)35-28(34)22-9-5-6-10-23(22)30/h3-17,24H,2H2,1H3,(H,32,33). The van der Waals surface area contributed by atoms with Crippen molar-refractivity contribution in [2.45, 2.75) is 19.4 Å². The van der Waals surface area contributed by atoms with Crippen molar-refractivity contribution in [1.82, 2.24) is 5.43 Å². The molecular formula is C28H22BrFN2O4. The number of ether oxygens (including phenoxy) is 2. The zero-order valence-corrected chi connectivity index (χ0v) is 20.9. The Hall–Kier alpha value is -4.04. The van der Waals surface area contributed by atoms with Crippen LogP contribution in [-0.2, 0) is 4.79 Å². The Morgan fingerprint density at radius 3 is 2.47 bits per heavy atom. The highest BCUT2D eigenvalue weighted by atomic mass is 79.9. The molecule has 0 bridgehead atoms. The summed E-state index contributed by atoms with van der Waals surface area (Å²) >= 11 is 3.57. The minimum absolute atomic E-state index is 0.144. The first-order chi connectivity index (χ1) is 17.5. The Balaban J connectivity index is 1.34. The van der Waals surface area contributed by atoms with Crippen LogP contribution in [0.5, 0.6) is 11.5 Å². The van der Waals surface area contributed by atoms with Crippen LogP contribution in [0.3, 0.4) is 0 Å². The van der Waals surface area contributed by atoms with Gasteiger partial charge in [0.05, 0.1) is 16.3 Å². The average molecular weight is 549 g/mol. The van der Waals surface area contributed by atoms with Crippen LogP contribution in [0.15, 0.2) is 94.5 Å². The van der Waals surface area contributed by atoms with Crippen molar-refractivity contribution in [2.24, 2.45) is 5.10 Å². The third-order valence-corrected chi connectivity index (χ3v) is 6.15. The van der Waals surface area contributed by atoms with Crippen LogP contribution >= 0.6 is 15.9 Å². The molecule has 0 aliphatic heterocycles. The molecule has 4 rings (SSSR count). The van der Waals surface area contributed by atoms with Crippen molar-refractivity contribution in [3.05, 3.63) is 106 Å². The number of hydrazone groups is 1. The SMILES string of the molecule is CCC(Oc1ccc2ccccc2c1Br)C(=O)NN=Cc1ccc(OC(=O)c2ccccc2F)cc1. The van der Waals surface area contributed by atoms with Crippen molar-refractivity contribution in [3.8, 4) is 11.5 Å². The van der Waals surface area contributed by atoms with Crippen LogP contribution in [-0.4, -0.2) is 24.2 Å². The summed E-state index contributed by atoms with van der Waals surface area (Å²) in [6.45, 7) is 1.85. The lowest BCUT2D eigenvalue weighted by Gasteiger charge is -2.17. The molecule has 0 spiro atoms. The number of benzene rings is 4. The number of nitrogens with one attached hydrogen (secondary N) is 1. The molecule has 0 aliphatic carbocycles. The first kappa shape index (κ1) is 25.1. The smallest absolute Gasteiger partial charge is 0.346 e. The van der Waals surface area contributed by atoms with Crippen molar-refractivity contribution < 1.29 is 23.5 Å². The molecule has 0 aliphatic rings. The summed E-state index contributed by atoms with van der Waals surface area (Å²) in [4.78, 5) is 24.8. The molecule has 36 heavy (non-hydrogen) atoms. The van der Waals surface area contributed by atoms with Crippen LogP contribution in [0.2, 0.25) is 0 Å². The van der Waals surface area contributed by atoms with E-state index in [2.05, 4.69) is 26.5 Å². The summed E-state index contributed by atoms with van der Waals surface area (Å²) in [6.07, 6.45) is 1.17. The Bertz CT molecular complexity index is 1420. The molecule has 0 saturated heterocycles. The van der Waals surface area contributed by atoms with E-state index in [0.29, 0.717) is 17.7 Å². The topological polar surface area (TPSA) is 77.0 Å². The first-order valence-electron chi connectivity index (χ1n) is 11.2. The predicted molar refractivity (Wildman–Crippen MR) is 140 cm³/mol. The van der Waals surface area contributed by atoms with Crippen LogP contribution in [0.4, 0.5) is 4.39 Å². The Morgan fingerprint density at radius 1 is 1.00 bits per heavy atom. The minimum atomic E-state index is -0.787. The maximum Gasteiger partial charge on any atom is 0.346 e. The van der Waals surface area contributed by atoms with Crippen molar-refractivity contribution in [1.29, 1.82) is 0 Å². The maximum absolute atomic E-state index is 13.7. The molecule has 182 valence electrons. The molecule has 4 aromatic carbocycles. The van der Waals surface area contributed by atoms with Crippen LogP contribution in [0, 0.1) is 5.82 Å². The van der Waals surface area contributed by atoms with Crippen LogP contribution < -0.4 is 14.9 Å². The third-order valence-electron chi connectivity index (χ3n) is 5.33. The number of esters is 1. The highest BCUT2D eigenvalue weighted by Crippen LogP contribution is 2.33. The minimum Gasteiger partial charge on any atom is -0.479 e. The van der Waals surface area contributed by atoms with Gasteiger partial charge in [-0.2, -0.15) is 5.10 Å². The molecule has 1 unspecified atom stereocenters. The lowest BCUT2D eigenvalue weighted by Crippen LogP contribution is -2.35. The molecule has 0 saturated carbocycles. The second-order valence-electron chi connectivity index (χ2n) is 7.79. The number of fused-ring (bicyclic) bond motifs is 1. The number of halogens is 2. The van der Waals surface area contributed by atoms with Crippen molar-refractivity contribution >= 4 is 44.8 Å². The fraction of sp³-hybridized carbons (Fsp3) is 0.107. The zero-order chi connectivity index (χ0) is 25.5. The summed E-state index contributed by atoms with van der Waals surface area (Å²) < 4.78 is 25.7. The van der Waals surface area contributed by atoms with E-state index in [1.54, 1.807) is 30.3 Å². The number of nitrogens with zero attached hydrogens (tertiary/aromatic N) is 1. The van der Waals surface area contributed by atoms with Gasteiger partial charge < -0.3 is 9.47 Å². The van der Waals surface area contributed by atoms with Gasteiger partial charge in [0.1, 0.15) is 17.3 Å². The van der Waals surface area contributed by atoms with E-state index in [4.69, 9.17) is 9.47 Å². The number of carbonyl (C=O) groups is 2. The summed E-state index contributed by atoms with van der Waals surface area (Å²) in [7, 11) is 0. The first-order valence-corrected chi connectivity index (χ1v) is 12.0. The second-order valence-corrected chi connectivity index (χ2v) is 8.58. The van der Waals surface area contributed by atoms with Crippen LogP contribution in [0.1, 0.15) is 29.3 Å². The number of carbonyl (C=O) groups excluding carboxylic acids is 2. The summed E-state index contributed by atoms with van der Waals surface area (Å²) in [5.74, 6) is -0.996. The number of hydrogen-bond acceptors (Lipinski definition) is 5. The van der Waals surface area contributed by atoms with E-state index in [9.17, 15) is 14.0 Å². The van der Waals surface area contributed by atoms with E-state index in [1.807, 2.05) is 43.3 Å². The quantitative estimate of drug-likeness (QED) is 0.122. The maximum atomic E-state index is 13.7. The molecule has 1 amide bonds. The van der Waals surface area contributed by atoms with Gasteiger partial charge in [-0.1, -0.05) is 49.4 Å². The van der Waals surface area contributed by atoms with Crippen LogP contribution in [0.25, 0.3) is 10.8 Å². The number of rotatable bonds is 8. The molecule has 0 aromatic heterocycles. The summed E-state index contributed by atoms with van der Waals surface area (Å²) in [6, 6.07) is 23.7. The Morgan fingerprint density at radius 2 is 1.72 bits per heavy atom. The monoisotopic (exact) mass is 548 g/mol. The molecular weight excluding hydrogens is 527 g/mol. The van der Waals surface area contributed by atoms with Gasteiger partial charge in [0.25, 0.3) is 5.91 Å². The fourth-order valence-electron chi connectivity index (χ4n) is 3.43. The van der Waals surface area contributed by atoms with Gasteiger partial charge in [-0.3, -0.25) is 4.79 Å². The molecule has 8 heteroatoms. The molecule has 6 nitrogen and oxygen atoms in total. The predicted octanol–water partition coefficient (Wildman–Crippen LogP) is 6.27. The fourth-order valence-corrected chi connectivity index (χ4v) is 4.02. The highest BCUT2D eigenvalue weighted by Gasteiger charge is 2.20. The van der Waals surface area contributed by atoms with Gasteiger partial charge >= 0.3 is 5.97 Å². The lowest BCUT2D eigenvalue weighted by atomic mass is 10.1. The molecule has 1 atom stereocenters. The number of hydrogen-bond donors (Lipinski definition) is 1. The van der Waals surface area contributed by atoms with Gasteiger partial charge in [-0.15, -0.1) is 0 Å². The Kier molecular flexibility index (Phi) is 8.07. The second kappa shape index (κ2) is 11.6. The molecule has 1 N–H and O–H groups in total. The van der Waals surface area contributed by atoms with E-state index in [-0.39, 0.29) is 17.2 Å². The Labute approximate surface area is 215 Å². The van der Waals surface area contributed by atoms with Gasteiger partial charge in [0.2, 0.25) is 0 Å². The largest absolute Gasteiger partial charge is 0.479 e. The van der Waals surface area contributed by atoms with E-state index < -0.39 is 17.9 Å².